The maximum Gasteiger partial charge on any atom is 0.264 e. The maximum absolute atomic E-state index is 5.59. The molecule has 15 heavy (non-hydrogen) atoms. The average molecular weight is 223 g/mol. The Morgan fingerprint density at radius 2 is 2.07 bits per heavy atom. The molecular weight excluding hydrogens is 216 g/mol. The minimum Gasteiger partial charge on any atom is -0.372 e. The van der Waals surface area contributed by atoms with Crippen LogP contribution in [0.25, 0.3) is 11.5 Å². The zero-order valence-electron chi connectivity index (χ0n) is 7.74. The number of nitrogens with zero attached hydrogens (tertiary/aromatic N) is 2. The number of halogens is 1. The van der Waals surface area contributed by atoms with Gasteiger partial charge in [0.1, 0.15) is 0 Å². The first-order chi connectivity index (χ1) is 7.33. The Kier molecular flexibility index (Phi) is 1.97. The van der Waals surface area contributed by atoms with Crippen molar-refractivity contribution in [2.24, 2.45) is 0 Å². The Bertz CT molecular complexity index is 510. The van der Waals surface area contributed by atoms with Crippen molar-refractivity contribution in [3.8, 4) is 11.5 Å². The van der Waals surface area contributed by atoms with Crippen LogP contribution in [0.3, 0.4) is 0 Å². The summed E-state index contributed by atoms with van der Waals surface area (Å²) < 4.78 is 10.3. The number of rotatable bonds is 1. The molecule has 0 atom stereocenters. The summed E-state index contributed by atoms with van der Waals surface area (Å²) in [6.07, 6.45) is 0. The fourth-order valence-corrected chi connectivity index (χ4v) is 1.74. The van der Waals surface area contributed by atoms with Crippen molar-refractivity contribution in [3.05, 3.63) is 34.6 Å². The summed E-state index contributed by atoms with van der Waals surface area (Å²) in [7, 11) is 0. The van der Waals surface area contributed by atoms with Gasteiger partial charge in [-0.25, -0.2) is 0 Å². The van der Waals surface area contributed by atoms with Gasteiger partial charge < -0.3 is 9.26 Å². The van der Waals surface area contributed by atoms with Crippen LogP contribution < -0.4 is 0 Å². The van der Waals surface area contributed by atoms with Crippen molar-refractivity contribution in [2.45, 2.75) is 13.2 Å². The first kappa shape index (κ1) is 8.88. The van der Waals surface area contributed by atoms with Gasteiger partial charge in [0.15, 0.2) is 0 Å². The summed E-state index contributed by atoms with van der Waals surface area (Å²) in [5.41, 5.74) is 3.25. The van der Waals surface area contributed by atoms with Gasteiger partial charge in [0.05, 0.1) is 13.2 Å². The third-order valence-electron chi connectivity index (χ3n) is 2.37. The van der Waals surface area contributed by atoms with Gasteiger partial charge in [0.25, 0.3) is 11.2 Å². The topological polar surface area (TPSA) is 48.2 Å². The second-order valence-corrected chi connectivity index (χ2v) is 3.68. The van der Waals surface area contributed by atoms with E-state index in [-0.39, 0.29) is 5.28 Å². The summed E-state index contributed by atoms with van der Waals surface area (Å²) in [6.45, 7) is 1.32. The Balaban J connectivity index is 2.06. The van der Waals surface area contributed by atoms with Gasteiger partial charge in [-0.2, -0.15) is 4.98 Å². The van der Waals surface area contributed by atoms with Crippen LogP contribution in [0.5, 0.6) is 0 Å². The fourth-order valence-electron chi connectivity index (χ4n) is 1.63. The Morgan fingerprint density at radius 1 is 1.20 bits per heavy atom. The van der Waals surface area contributed by atoms with Gasteiger partial charge in [-0.05, 0) is 40.0 Å². The predicted molar refractivity (Wildman–Crippen MR) is 53.2 cm³/mol. The molecule has 0 saturated heterocycles. The van der Waals surface area contributed by atoms with Crippen LogP contribution in [0.1, 0.15) is 11.1 Å². The summed E-state index contributed by atoms with van der Waals surface area (Å²) in [6, 6.07) is 5.93. The molecule has 5 heteroatoms. The van der Waals surface area contributed by atoms with E-state index < -0.39 is 0 Å². The maximum atomic E-state index is 5.59. The largest absolute Gasteiger partial charge is 0.372 e. The monoisotopic (exact) mass is 222 g/mol. The Morgan fingerprint density at radius 3 is 2.87 bits per heavy atom. The molecule has 0 amide bonds. The highest BCUT2D eigenvalue weighted by Crippen LogP contribution is 2.26. The van der Waals surface area contributed by atoms with Gasteiger partial charge in [0.2, 0.25) is 0 Å². The molecule has 1 aromatic heterocycles. The van der Waals surface area contributed by atoms with E-state index >= 15 is 0 Å². The summed E-state index contributed by atoms with van der Waals surface area (Å²) in [4.78, 5) is 3.95. The number of benzene rings is 1. The third-order valence-corrected chi connectivity index (χ3v) is 2.52. The van der Waals surface area contributed by atoms with Gasteiger partial charge in [-0.15, -0.1) is 0 Å². The number of aromatic nitrogens is 2. The highest BCUT2D eigenvalue weighted by molar-refractivity contribution is 6.28. The van der Waals surface area contributed by atoms with Crippen LogP contribution in [0.2, 0.25) is 5.28 Å². The van der Waals surface area contributed by atoms with Crippen molar-refractivity contribution < 1.29 is 9.26 Å². The predicted octanol–water partition coefficient (Wildman–Crippen LogP) is 2.42. The van der Waals surface area contributed by atoms with Crippen LogP contribution in [0, 0.1) is 0 Å². The fraction of sp³-hybridized carbons (Fsp3) is 0.200. The molecule has 2 heterocycles. The van der Waals surface area contributed by atoms with Crippen molar-refractivity contribution in [1.82, 2.24) is 10.1 Å². The standard InChI is InChI=1S/C10H7ClN2O2/c11-10-12-9(15-13-10)6-1-2-7-4-14-5-8(7)3-6/h1-3H,4-5H2. The lowest BCUT2D eigenvalue weighted by Crippen LogP contribution is -1.84. The summed E-state index contributed by atoms with van der Waals surface area (Å²) in [5, 5.41) is 3.66. The molecule has 4 nitrogen and oxygen atoms in total. The molecule has 0 aliphatic carbocycles. The van der Waals surface area contributed by atoms with E-state index in [1.807, 2.05) is 18.2 Å². The minimum atomic E-state index is 0.127. The molecule has 1 aliphatic heterocycles. The smallest absolute Gasteiger partial charge is 0.264 e. The first-order valence-corrected chi connectivity index (χ1v) is 4.90. The normalized spacial score (nSPS) is 14.2. The number of hydrogen-bond donors (Lipinski definition) is 0. The van der Waals surface area contributed by atoms with Crippen LogP contribution in [-0.2, 0) is 18.0 Å². The lowest BCUT2D eigenvalue weighted by atomic mass is 10.1. The highest BCUT2D eigenvalue weighted by Gasteiger charge is 2.14. The average Bonchev–Trinajstić information content (AvgIpc) is 2.84. The Labute approximate surface area is 90.8 Å². The molecule has 3 rings (SSSR count). The molecule has 0 saturated carbocycles. The first-order valence-electron chi connectivity index (χ1n) is 4.52. The van der Waals surface area contributed by atoms with Crippen molar-refractivity contribution in [1.29, 1.82) is 0 Å². The van der Waals surface area contributed by atoms with Crippen molar-refractivity contribution in [3.63, 3.8) is 0 Å². The number of fused-ring (bicyclic) bond motifs is 1. The molecule has 0 bridgehead atoms. The van der Waals surface area contributed by atoms with Crippen molar-refractivity contribution >= 4 is 11.6 Å². The van der Waals surface area contributed by atoms with Crippen LogP contribution >= 0.6 is 11.6 Å². The molecule has 0 fully saturated rings. The molecule has 0 unspecified atom stereocenters. The summed E-state index contributed by atoms with van der Waals surface area (Å²) >= 11 is 5.59. The van der Waals surface area contributed by atoms with Gasteiger partial charge in [-0.1, -0.05) is 6.07 Å². The van der Waals surface area contributed by atoms with E-state index in [4.69, 9.17) is 20.9 Å². The van der Waals surface area contributed by atoms with E-state index in [1.165, 1.54) is 11.1 Å². The van der Waals surface area contributed by atoms with E-state index in [0.29, 0.717) is 19.1 Å². The summed E-state index contributed by atoms with van der Waals surface area (Å²) in [5.74, 6) is 0.440. The quantitative estimate of drug-likeness (QED) is 0.744. The van der Waals surface area contributed by atoms with Crippen LogP contribution in [-0.4, -0.2) is 10.1 Å². The molecule has 1 aromatic carbocycles. The molecule has 1 aliphatic rings. The lowest BCUT2D eigenvalue weighted by molar-refractivity contribution is 0.134. The second kappa shape index (κ2) is 3.32. The number of ether oxygens (including phenoxy) is 1. The zero-order valence-corrected chi connectivity index (χ0v) is 8.49. The molecular formula is C10H7ClN2O2. The van der Waals surface area contributed by atoms with Crippen LogP contribution in [0.4, 0.5) is 0 Å². The van der Waals surface area contributed by atoms with E-state index in [1.54, 1.807) is 0 Å². The number of hydrogen-bond acceptors (Lipinski definition) is 4. The lowest BCUT2D eigenvalue weighted by Gasteiger charge is -1.98. The van der Waals surface area contributed by atoms with Gasteiger partial charge in [0, 0.05) is 5.56 Å². The van der Waals surface area contributed by atoms with Crippen LogP contribution in [0.15, 0.2) is 22.7 Å². The Hall–Kier alpha value is -1.39. The van der Waals surface area contributed by atoms with Gasteiger partial charge in [-0.3, -0.25) is 0 Å². The molecule has 2 aromatic rings. The van der Waals surface area contributed by atoms with E-state index in [0.717, 1.165) is 5.56 Å². The highest BCUT2D eigenvalue weighted by atomic mass is 35.5. The zero-order chi connectivity index (χ0) is 10.3. The second-order valence-electron chi connectivity index (χ2n) is 3.34. The molecule has 0 radical (unpaired) electrons. The van der Waals surface area contributed by atoms with Gasteiger partial charge >= 0.3 is 0 Å². The molecule has 0 N–H and O–H groups in total. The minimum absolute atomic E-state index is 0.127. The van der Waals surface area contributed by atoms with E-state index in [2.05, 4.69) is 10.1 Å². The SMILES string of the molecule is Clc1noc(-c2ccc3c(c2)COC3)n1. The molecule has 0 spiro atoms. The van der Waals surface area contributed by atoms with Crippen molar-refractivity contribution in [2.75, 3.05) is 0 Å². The third kappa shape index (κ3) is 1.52. The molecule has 76 valence electrons. The van der Waals surface area contributed by atoms with E-state index in [9.17, 15) is 0 Å².